The Morgan fingerprint density at radius 2 is 1.88 bits per heavy atom. The zero-order chi connectivity index (χ0) is 18.4. The zero-order valence-corrected chi connectivity index (χ0v) is 15.5. The summed E-state index contributed by atoms with van der Waals surface area (Å²) in [5, 5.41) is 9.70. The number of methoxy groups -OCH3 is 1. The molecule has 2 N–H and O–H groups in total. The van der Waals surface area contributed by atoms with Gasteiger partial charge in [0.15, 0.2) is 0 Å². The molecule has 0 saturated carbocycles. The van der Waals surface area contributed by atoms with Crippen LogP contribution in [0.4, 0.5) is 5.13 Å². The maximum Gasteiger partial charge on any atom is 0.270 e. The van der Waals surface area contributed by atoms with Crippen molar-refractivity contribution >= 4 is 32.4 Å². The Labute approximate surface area is 149 Å². The average Bonchev–Trinajstić information content (AvgIpc) is 3.01. The van der Waals surface area contributed by atoms with Crippen LogP contribution in [0.25, 0.3) is 0 Å². The summed E-state index contributed by atoms with van der Waals surface area (Å²) in [6.45, 7) is 3.09. The molecule has 0 unspecified atom stereocenters. The van der Waals surface area contributed by atoms with Crippen LogP contribution in [0, 0.1) is 0 Å². The average molecular weight is 386 g/mol. The van der Waals surface area contributed by atoms with Crippen LogP contribution < -0.4 is 19.5 Å². The van der Waals surface area contributed by atoms with Gasteiger partial charge in [-0.2, -0.15) is 0 Å². The van der Waals surface area contributed by atoms with Crippen molar-refractivity contribution in [2.75, 3.05) is 19.0 Å². The third kappa shape index (κ3) is 5.66. The SMILES string of the molecule is COc1ccc(OC[C@@H](C)NS(=O)(=O)c2nnc(NC(C)=O)s2)cc1. The summed E-state index contributed by atoms with van der Waals surface area (Å²) in [6.07, 6.45) is 0. The lowest BCUT2D eigenvalue weighted by Gasteiger charge is -2.14. The molecule has 0 aliphatic rings. The summed E-state index contributed by atoms with van der Waals surface area (Å²) in [5.41, 5.74) is 0. The minimum atomic E-state index is -3.85. The smallest absolute Gasteiger partial charge is 0.270 e. The highest BCUT2D eigenvalue weighted by atomic mass is 32.2. The summed E-state index contributed by atoms with van der Waals surface area (Å²) < 4.78 is 37.3. The van der Waals surface area contributed by atoms with Crippen LogP contribution in [0.3, 0.4) is 0 Å². The van der Waals surface area contributed by atoms with Gasteiger partial charge in [-0.15, -0.1) is 10.2 Å². The number of nitrogens with zero attached hydrogens (tertiary/aromatic N) is 2. The van der Waals surface area contributed by atoms with Gasteiger partial charge >= 0.3 is 0 Å². The lowest BCUT2D eigenvalue weighted by Crippen LogP contribution is -2.36. The van der Waals surface area contributed by atoms with Crippen molar-refractivity contribution < 1.29 is 22.7 Å². The van der Waals surface area contributed by atoms with E-state index in [1.807, 2.05) is 0 Å². The molecule has 25 heavy (non-hydrogen) atoms. The summed E-state index contributed by atoms with van der Waals surface area (Å²) in [6, 6.07) is 6.44. The van der Waals surface area contributed by atoms with Gasteiger partial charge in [0.2, 0.25) is 15.4 Å². The van der Waals surface area contributed by atoms with E-state index in [1.165, 1.54) is 6.92 Å². The standard InChI is InChI=1S/C14H18N4O5S2/c1-9(8-23-12-6-4-11(22-3)5-7-12)18-25(20,21)14-17-16-13(24-14)15-10(2)19/h4-7,9,18H,8H2,1-3H3,(H,15,16,19)/t9-/m1/s1. The molecule has 2 aromatic rings. The van der Waals surface area contributed by atoms with Crippen LogP contribution in [0.1, 0.15) is 13.8 Å². The van der Waals surface area contributed by atoms with E-state index in [1.54, 1.807) is 38.3 Å². The van der Waals surface area contributed by atoms with Crippen molar-refractivity contribution in [3.63, 3.8) is 0 Å². The predicted molar refractivity (Wildman–Crippen MR) is 92.5 cm³/mol. The topological polar surface area (TPSA) is 120 Å². The van der Waals surface area contributed by atoms with E-state index in [2.05, 4.69) is 20.2 Å². The van der Waals surface area contributed by atoms with E-state index in [4.69, 9.17) is 9.47 Å². The number of aromatic nitrogens is 2. The van der Waals surface area contributed by atoms with Gasteiger partial charge in [-0.3, -0.25) is 4.79 Å². The van der Waals surface area contributed by atoms with Crippen molar-refractivity contribution in [3.05, 3.63) is 24.3 Å². The van der Waals surface area contributed by atoms with Gasteiger partial charge in [-0.05, 0) is 31.2 Å². The number of hydrogen-bond acceptors (Lipinski definition) is 8. The molecule has 1 aromatic heterocycles. The van der Waals surface area contributed by atoms with Gasteiger partial charge in [0, 0.05) is 6.92 Å². The molecule has 0 bridgehead atoms. The fourth-order valence-corrected chi connectivity index (χ4v) is 3.95. The molecule has 1 aromatic carbocycles. The number of nitrogens with one attached hydrogen (secondary N) is 2. The highest BCUT2D eigenvalue weighted by Crippen LogP contribution is 2.20. The highest BCUT2D eigenvalue weighted by Gasteiger charge is 2.23. The Hall–Kier alpha value is -2.24. The van der Waals surface area contributed by atoms with E-state index in [-0.39, 0.29) is 22.0 Å². The molecule has 9 nitrogen and oxygen atoms in total. The molecule has 1 heterocycles. The van der Waals surface area contributed by atoms with Gasteiger partial charge in [0.05, 0.1) is 13.2 Å². The maximum atomic E-state index is 12.2. The fraction of sp³-hybridized carbons (Fsp3) is 0.357. The Morgan fingerprint density at radius 3 is 2.48 bits per heavy atom. The van der Waals surface area contributed by atoms with Crippen LogP contribution in [0.2, 0.25) is 0 Å². The van der Waals surface area contributed by atoms with E-state index in [0.29, 0.717) is 11.5 Å². The van der Waals surface area contributed by atoms with Gasteiger partial charge < -0.3 is 14.8 Å². The minimum Gasteiger partial charge on any atom is -0.497 e. The van der Waals surface area contributed by atoms with Crippen molar-refractivity contribution in [3.8, 4) is 11.5 Å². The van der Waals surface area contributed by atoms with Crippen molar-refractivity contribution in [2.45, 2.75) is 24.2 Å². The highest BCUT2D eigenvalue weighted by molar-refractivity contribution is 7.91. The molecule has 2 rings (SSSR count). The van der Waals surface area contributed by atoms with Crippen LogP contribution in [-0.4, -0.2) is 44.3 Å². The molecular weight excluding hydrogens is 368 g/mol. The molecule has 11 heteroatoms. The normalized spacial score (nSPS) is 12.4. The number of carbonyl (C=O) groups is 1. The largest absolute Gasteiger partial charge is 0.497 e. The van der Waals surface area contributed by atoms with Gasteiger partial charge in [-0.25, -0.2) is 13.1 Å². The van der Waals surface area contributed by atoms with Crippen molar-refractivity contribution in [1.29, 1.82) is 0 Å². The minimum absolute atomic E-state index is 0.120. The Kier molecular flexibility index (Phi) is 6.28. The molecule has 0 spiro atoms. The van der Waals surface area contributed by atoms with E-state index < -0.39 is 16.1 Å². The fourth-order valence-electron chi connectivity index (χ4n) is 1.76. The van der Waals surface area contributed by atoms with Crippen molar-refractivity contribution in [1.82, 2.24) is 14.9 Å². The first-order valence-corrected chi connectivity index (χ1v) is 9.50. The van der Waals surface area contributed by atoms with Crippen LogP contribution in [0.5, 0.6) is 11.5 Å². The second-order valence-electron chi connectivity index (χ2n) is 5.06. The molecule has 0 saturated heterocycles. The summed E-state index contributed by atoms with van der Waals surface area (Å²) in [5.74, 6) is 0.942. The number of sulfonamides is 1. The molecule has 1 atom stereocenters. The Morgan fingerprint density at radius 1 is 1.24 bits per heavy atom. The lowest BCUT2D eigenvalue weighted by atomic mass is 10.3. The molecule has 0 aliphatic carbocycles. The molecule has 136 valence electrons. The third-order valence-electron chi connectivity index (χ3n) is 2.84. The first-order chi connectivity index (χ1) is 11.8. The molecule has 0 fully saturated rings. The molecule has 1 amide bonds. The Bertz CT molecular complexity index is 820. The third-order valence-corrected chi connectivity index (χ3v) is 5.63. The first-order valence-electron chi connectivity index (χ1n) is 7.20. The Balaban J connectivity index is 1.92. The lowest BCUT2D eigenvalue weighted by molar-refractivity contribution is -0.114. The van der Waals surface area contributed by atoms with E-state index >= 15 is 0 Å². The number of rotatable bonds is 8. The summed E-state index contributed by atoms with van der Waals surface area (Å²) >= 11 is 0.769. The van der Waals surface area contributed by atoms with Gasteiger partial charge in [0.25, 0.3) is 10.0 Å². The zero-order valence-electron chi connectivity index (χ0n) is 13.8. The van der Waals surface area contributed by atoms with Crippen LogP contribution in [0.15, 0.2) is 28.6 Å². The van der Waals surface area contributed by atoms with Gasteiger partial charge in [0.1, 0.15) is 18.1 Å². The van der Waals surface area contributed by atoms with E-state index in [9.17, 15) is 13.2 Å². The summed E-state index contributed by atoms with van der Waals surface area (Å²) in [4.78, 5) is 10.9. The van der Waals surface area contributed by atoms with Crippen molar-refractivity contribution in [2.24, 2.45) is 0 Å². The van der Waals surface area contributed by atoms with Crippen LogP contribution >= 0.6 is 11.3 Å². The second kappa shape index (κ2) is 8.23. The number of anilines is 1. The number of carbonyl (C=O) groups excluding carboxylic acids is 1. The number of benzene rings is 1. The quantitative estimate of drug-likeness (QED) is 0.655. The molecular formula is C14H18N4O5S2. The maximum absolute atomic E-state index is 12.2. The van der Waals surface area contributed by atoms with Gasteiger partial charge in [-0.1, -0.05) is 11.3 Å². The van der Waals surface area contributed by atoms with E-state index in [0.717, 1.165) is 11.3 Å². The second-order valence-corrected chi connectivity index (χ2v) is 7.93. The first kappa shape index (κ1) is 19.1. The number of amides is 1. The summed E-state index contributed by atoms with van der Waals surface area (Å²) in [7, 11) is -2.28. The molecule has 0 aliphatic heterocycles. The molecule has 0 radical (unpaired) electrons. The number of ether oxygens (including phenoxy) is 2. The van der Waals surface area contributed by atoms with Crippen LogP contribution in [-0.2, 0) is 14.8 Å². The monoisotopic (exact) mass is 386 g/mol. The predicted octanol–water partition coefficient (Wildman–Crippen LogP) is 1.25. The number of hydrogen-bond donors (Lipinski definition) is 2.